The molecule has 7 heteroatoms. The van der Waals surface area contributed by atoms with E-state index in [0.29, 0.717) is 6.04 Å². The van der Waals surface area contributed by atoms with Gasteiger partial charge in [-0.2, -0.15) is 0 Å². The summed E-state index contributed by atoms with van der Waals surface area (Å²) in [4.78, 5) is 21.5. The number of hydrogen-bond acceptors (Lipinski definition) is 5. The van der Waals surface area contributed by atoms with Crippen molar-refractivity contribution in [2.24, 2.45) is 13.0 Å². The zero-order valence-electron chi connectivity index (χ0n) is 22.9. The number of nitrogen functional groups attached to an aromatic ring is 1. The summed E-state index contributed by atoms with van der Waals surface area (Å²) in [5.74, 6) is 0.795. The van der Waals surface area contributed by atoms with Crippen molar-refractivity contribution in [3.8, 4) is 11.3 Å². The van der Waals surface area contributed by atoms with Crippen molar-refractivity contribution >= 4 is 22.4 Å². The largest absolute Gasteiger partial charge is 0.349 e. The third kappa shape index (κ3) is 6.26. The number of carbonyl (C=O) groups is 1. The van der Waals surface area contributed by atoms with Crippen molar-refractivity contribution in [2.75, 3.05) is 18.8 Å². The molecular weight excluding hydrogens is 490 g/mol. The van der Waals surface area contributed by atoms with Gasteiger partial charge in [-0.15, -0.1) is 0 Å². The Hall–Kier alpha value is -2.77. The molecule has 6 nitrogen and oxygen atoms in total. The van der Waals surface area contributed by atoms with Gasteiger partial charge in [0.15, 0.2) is 0 Å². The number of aromatic nitrogens is 2. The van der Waals surface area contributed by atoms with Crippen molar-refractivity contribution in [2.45, 2.75) is 76.8 Å². The van der Waals surface area contributed by atoms with Gasteiger partial charge in [-0.25, -0.2) is 4.57 Å². The number of carbonyl (C=O) groups excluding carboxylic acids is 1. The van der Waals surface area contributed by atoms with Gasteiger partial charge in [-0.05, 0) is 88.2 Å². The smallest absolute Gasteiger partial charge is 0.331 e. The number of benzene rings is 1. The van der Waals surface area contributed by atoms with E-state index in [0.717, 1.165) is 53.6 Å². The molecule has 0 radical (unpaired) electrons. The molecule has 202 valence electrons. The molecule has 3 N–H and O–H groups in total. The predicted octanol–water partition coefficient (Wildman–Crippen LogP) is 5.17. The van der Waals surface area contributed by atoms with Crippen molar-refractivity contribution in [3.05, 3.63) is 64.8 Å². The molecule has 2 aromatic heterocycles. The number of hydrogen-bond donors (Lipinski definition) is 2. The number of nitrogens with two attached hydrogens (primary N) is 1. The number of nitrogens with zero attached hydrogens (tertiary/aromatic N) is 3. The SMILES string of the molecule is CCCN(CCC1CCC(NC(=O)c2ccc(-c3ccccn3)cc2)CC1)C1CCc2c(sc(N)[n+]2C)C1. The van der Waals surface area contributed by atoms with Gasteiger partial charge in [0.05, 0.1) is 17.6 Å². The average molecular weight is 533 g/mol. The molecule has 38 heavy (non-hydrogen) atoms. The minimum Gasteiger partial charge on any atom is -0.349 e. The fourth-order valence-electron chi connectivity index (χ4n) is 6.27. The number of amides is 1. The molecule has 1 fully saturated rings. The van der Waals surface area contributed by atoms with E-state index >= 15 is 0 Å². The van der Waals surface area contributed by atoms with Crippen molar-refractivity contribution in [1.29, 1.82) is 0 Å². The lowest BCUT2D eigenvalue weighted by molar-refractivity contribution is -0.661. The fraction of sp³-hybridized carbons (Fsp3) is 0.516. The number of pyridine rings is 1. The first kappa shape index (κ1) is 26.8. The predicted molar refractivity (Wildman–Crippen MR) is 155 cm³/mol. The Kier molecular flexibility index (Phi) is 8.75. The molecule has 2 aliphatic carbocycles. The van der Waals surface area contributed by atoms with Crippen LogP contribution in [0.1, 0.15) is 72.8 Å². The molecule has 1 atom stereocenters. The van der Waals surface area contributed by atoms with E-state index in [4.69, 9.17) is 5.73 Å². The van der Waals surface area contributed by atoms with Gasteiger partial charge in [0.25, 0.3) is 5.91 Å². The van der Waals surface area contributed by atoms with Crippen LogP contribution in [0, 0.1) is 5.92 Å². The standard InChI is InChI=1S/C31H41N5OS/c1-3-19-36(26-15-16-28-29(21-26)38-31(32)35(28)2)20-17-22-7-13-25(14-8-22)34-30(37)24-11-9-23(10-12-24)27-6-4-5-18-33-27/h4-6,9-12,18,22,25-26,32H,3,7-8,13-17,19-21H2,1-2H3,(H,34,37)/p+1. The molecule has 0 spiro atoms. The van der Waals surface area contributed by atoms with Crippen LogP contribution in [0.25, 0.3) is 11.3 Å². The summed E-state index contributed by atoms with van der Waals surface area (Å²) >= 11 is 1.78. The molecule has 1 saturated carbocycles. The average Bonchev–Trinajstić information content (AvgIpc) is 3.24. The monoisotopic (exact) mass is 532 g/mol. The van der Waals surface area contributed by atoms with E-state index < -0.39 is 0 Å². The maximum absolute atomic E-state index is 12.9. The Morgan fingerprint density at radius 2 is 1.89 bits per heavy atom. The third-order valence-electron chi connectivity index (χ3n) is 8.56. The quantitative estimate of drug-likeness (QED) is 0.373. The molecule has 2 aliphatic rings. The van der Waals surface area contributed by atoms with Crippen LogP contribution in [-0.4, -0.2) is 41.0 Å². The van der Waals surface area contributed by atoms with E-state index in [9.17, 15) is 4.79 Å². The first-order valence-corrected chi connectivity index (χ1v) is 15.2. The summed E-state index contributed by atoms with van der Waals surface area (Å²) in [6.45, 7) is 4.66. The number of nitrogens with one attached hydrogen (secondary N) is 1. The van der Waals surface area contributed by atoms with Gasteiger partial charge < -0.3 is 10.2 Å². The van der Waals surface area contributed by atoms with E-state index in [1.165, 1.54) is 55.8 Å². The molecule has 1 amide bonds. The van der Waals surface area contributed by atoms with Crippen LogP contribution in [0.3, 0.4) is 0 Å². The van der Waals surface area contributed by atoms with Gasteiger partial charge in [-0.1, -0.05) is 36.5 Å². The Bertz CT molecular complexity index is 1200. The van der Waals surface area contributed by atoms with E-state index in [2.05, 4.69) is 33.7 Å². The molecule has 0 saturated heterocycles. The van der Waals surface area contributed by atoms with Crippen LogP contribution in [0.15, 0.2) is 48.7 Å². The molecule has 0 bridgehead atoms. The fourth-order valence-corrected chi connectivity index (χ4v) is 7.41. The van der Waals surface area contributed by atoms with Crippen LogP contribution >= 0.6 is 11.3 Å². The van der Waals surface area contributed by atoms with Gasteiger partial charge in [0.1, 0.15) is 5.69 Å². The minimum atomic E-state index is 0.0365. The van der Waals surface area contributed by atoms with Gasteiger partial charge in [0, 0.05) is 42.2 Å². The highest BCUT2D eigenvalue weighted by molar-refractivity contribution is 7.15. The van der Waals surface area contributed by atoms with Crippen LogP contribution in [0.4, 0.5) is 5.13 Å². The maximum atomic E-state index is 12.9. The summed E-state index contributed by atoms with van der Waals surface area (Å²) in [5.41, 5.74) is 10.3. The number of anilines is 1. The lowest BCUT2D eigenvalue weighted by atomic mass is 9.83. The van der Waals surface area contributed by atoms with Crippen molar-refractivity contribution < 1.29 is 9.36 Å². The first-order chi connectivity index (χ1) is 18.5. The second kappa shape index (κ2) is 12.4. The Balaban J connectivity index is 1.08. The van der Waals surface area contributed by atoms with E-state index in [1.807, 2.05) is 42.5 Å². The van der Waals surface area contributed by atoms with Crippen molar-refractivity contribution in [3.63, 3.8) is 0 Å². The minimum absolute atomic E-state index is 0.0365. The zero-order chi connectivity index (χ0) is 26.5. The molecule has 5 rings (SSSR count). The highest BCUT2D eigenvalue weighted by Gasteiger charge is 2.31. The topological polar surface area (TPSA) is 75.1 Å². The molecule has 1 aromatic carbocycles. The Morgan fingerprint density at radius 3 is 2.61 bits per heavy atom. The van der Waals surface area contributed by atoms with E-state index in [1.54, 1.807) is 17.5 Å². The summed E-state index contributed by atoms with van der Waals surface area (Å²) in [6, 6.07) is 14.6. The third-order valence-corrected chi connectivity index (χ3v) is 9.69. The first-order valence-electron chi connectivity index (χ1n) is 14.3. The summed E-state index contributed by atoms with van der Waals surface area (Å²) in [6.07, 6.45) is 12.3. The summed E-state index contributed by atoms with van der Waals surface area (Å²) in [7, 11) is 2.10. The molecule has 2 heterocycles. The van der Waals surface area contributed by atoms with Crippen LogP contribution in [0.5, 0.6) is 0 Å². The lowest BCUT2D eigenvalue weighted by Gasteiger charge is -2.36. The van der Waals surface area contributed by atoms with Gasteiger partial charge >= 0.3 is 5.13 Å². The second-order valence-electron chi connectivity index (χ2n) is 11.1. The maximum Gasteiger partial charge on any atom is 0.331 e. The van der Waals surface area contributed by atoms with Crippen LogP contribution < -0.4 is 15.6 Å². The molecule has 1 unspecified atom stereocenters. The van der Waals surface area contributed by atoms with Crippen LogP contribution in [0.2, 0.25) is 0 Å². The zero-order valence-corrected chi connectivity index (χ0v) is 23.7. The molecule has 0 aliphatic heterocycles. The van der Waals surface area contributed by atoms with Gasteiger partial charge in [0.2, 0.25) is 0 Å². The van der Waals surface area contributed by atoms with Crippen LogP contribution in [-0.2, 0) is 19.9 Å². The van der Waals surface area contributed by atoms with E-state index in [-0.39, 0.29) is 11.9 Å². The van der Waals surface area contributed by atoms with Gasteiger partial charge in [-0.3, -0.25) is 15.5 Å². The molecular formula is C31H42N5OS+. The highest BCUT2D eigenvalue weighted by Crippen LogP contribution is 2.31. The summed E-state index contributed by atoms with van der Waals surface area (Å²) in [5, 5.41) is 4.23. The normalized spacial score (nSPS) is 21.3. The number of rotatable bonds is 9. The number of thiazole rings is 1. The number of fused-ring (bicyclic) bond motifs is 1. The molecule has 3 aromatic rings. The highest BCUT2D eigenvalue weighted by atomic mass is 32.1. The summed E-state index contributed by atoms with van der Waals surface area (Å²) < 4.78 is 2.19. The lowest BCUT2D eigenvalue weighted by Crippen LogP contribution is -2.43. The van der Waals surface area contributed by atoms with Crippen molar-refractivity contribution in [1.82, 2.24) is 15.2 Å². The Morgan fingerprint density at radius 1 is 1.11 bits per heavy atom. The second-order valence-corrected chi connectivity index (χ2v) is 12.2. The Labute approximate surface area is 231 Å².